The van der Waals surface area contributed by atoms with Gasteiger partial charge in [-0.1, -0.05) is 6.92 Å². The molecule has 0 aromatic heterocycles. The molecule has 9 heteroatoms. The lowest BCUT2D eigenvalue weighted by Crippen LogP contribution is -2.34. The fraction of sp³-hybridized carbons (Fsp3) is 0.444. The maximum atomic E-state index is 11.8. The molecular weight excluding hydrogens is 372 g/mol. The molecule has 0 unspecified atom stereocenters. The van der Waals surface area contributed by atoms with Gasteiger partial charge in [0.05, 0.1) is 25.2 Å². The van der Waals surface area contributed by atoms with Crippen LogP contribution in [0, 0.1) is 0 Å². The number of carbonyl (C=O) groups excluding carboxylic acids is 3. The Morgan fingerprint density at radius 2 is 1.70 bits per heavy atom. The van der Waals surface area contributed by atoms with E-state index in [0.717, 1.165) is 6.42 Å². The molecule has 0 bridgehead atoms. The van der Waals surface area contributed by atoms with E-state index in [2.05, 4.69) is 10.6 Å². The van der Waals surface area contributed by atoms with Crippen LogP contribution >= 0.6 is 12.2 Å². The van der Waals surface area contributed by atoms with E-state index in [1.54, 1.807) is 24.3 Å². The molecular formula is C18H24N2O6S. The summed E-state index contributed by atoms with van der Waals surface area (Å²) >= 11 is 5.05. The van der Waals surface area contributed by atoms with Crippen LogP contribution in [0.1, 0.15) is 36.5 Å². The third-order valence-electron chi connectivity index (χ3n) is 3.18. The summed E-state index contributed by atoms with van der Waals surface area (Å²) < 4.78 is 14.7. The van der Waals surface area contributed by atoms with E-state index in [-0.39, 0.29) is 24.6 Å². The van der Waals surface area contributed by atoms with Gasteiger partial charge in [-0.05, 0) is 42.9 Å². The van der Waals surface area contributed by atoms with Crippen LogP contribution in [-0.2, 0) is 23.8 Å². The normalized spacial score (nSPS) is 10.0. The molecule has 0 spiro atoms. The number of carbonyl (C=O) groups is 3. The maximum Gasteiger partial charge on any atom is 0.338 e. The largest absolute Gasteiger partial charge is 0.463 e. The summed E-state index contributed by atoms with van der Waals surface area (Å²) in [6, 6.07) is 6.49. The smallest absolute Gasteiger partial charge is 0.338 e. The number of hydrogen-bond acceptors (Lipinski definition) is 7. The van der Waals surface area contributed by atoms with Crippen molar-refractivity contribution >= 4 is 40.9 Å². The van der Waals surface area contributed by atoms with Crippen molar-refractivity contribution in [3.63, 3.8) is 0 Å². The summed E-state index contributed by atoms with van der Waals surface area (Å²) in [5, 5.41) is 5.39. The number of amides is 1. The topological polar surface area (TPSA) is 103 Å². The van der Waals surface area contributed by atoms with E-state index >= 15 is 0 Å². The lowest BCUT2D eigenvalue weighted by molar-refractivity contribution is -0.146. The van der Waals surface area contributed by atoms with Crippen LogP contribution in [0.15, 0.2) is 24.3 Å². The molecule has 0 aliphatic carbocycles. The molecule has 1 aromatic rings. The number of ether oxygens (including phenoxy) is 3. The lowest BCUT2D eigenvalue weighted by atomic mass is 10.2. The molecule has 0 saturated carbocycles. The molecule has 0 saturated heterocycles. The van der Waals surface area contributed by atoms with Crippen molar-refractivity contribution in [2.75, 3.05) is 32.2 Å². The molecule has 0 fully saturated rings. The number of hydrogen-bond donors (Lipinski definition) is 2. The molecule has 2 N–H and O–H groups in total. The quantitative estimate of drug-likeness (QED) is 0.352. The van der Waals surface area contributed by atoms with Crippen LogP contribution in [0.25, 0.3) is 0 Å². The van der Waals surface area contributed by atoms with Gasteiger partial charge >= 0.3 is 11.9 Å². The van der Waals surface area contributed by atoms with Crippen LogP contribution in [0.2, 0.25) is 0 Å². The zero-order valence-electron chi connectivity index (χ0n) is 15.4. The summed E-state index contributed by atoms with van der Waals surface area (Å²) in [5.41, 5.74) is 1.03. The van der Waals surface area contributed by atoms with Crippen LogP contribution in [0.3, 0.4) is 0 Å². The van der Waals surface area contributed by atoms with Crippen molar-refractivity contribution in [2.45, 2.75) is 26.2 Å². The molecule has 0 radical (unpaired) electrons. The van der Waals surface area contributed by atoms with Gasteiger partial charge in [-0.3, -0.25) is 9.59 Å². The van der Waals surface area contributed by atoms with Gasteiger partial charge in [0.25, 0.3) is 0 Å². The Morgan fingerprint density at radius 3 is 2.33 bits per heavy atom. The fourth-order valence-electron chi connectivity index (χ4n) is 1.85. The summed E-state index contributed by atoms with van der Waals surface area (Å²) in [4.78, 5) is 34.9. The Kier molecular flexibility index (Phi) is 10.7. The van der Waals surface area contributed by atoms with Gasteiger partial charge in [-0.25, -0.2) is 4.79 Å². The van der Waals surface area contributed by atoms with E-state index in [1.165, 1.54) is 7.11 Å². The average molecular weight is 396 g/mol. The molecule has 27 heavy (non-hydrogen) atoms. The highest BCUT2D eigenvalue weighted by atomic mass is 32.1. The zero-order valence-corrected chi connectivity index (χ0v) is 16.2. The molecule has 0 aliphatic rings. The third kappa shape index (κ3) is 9.66. The summed E-state index contributed by atoms with van der Waals surface area (Å²) in [6.07, 6.45) is 0.660. The summed E-state index contributed by atoms with van der Waals surface area (Å²) in [7, 11) is 1.50. The van der Waals surface area contributed by atoms with Crippen molar-refractivity contribution in [3.05, 3.63) is 29.8 Å². The van der Waals surface area contributed by atoms with Crippen molar-refractivity contribution in [1.82, 2.24) is 5.32 Å². The van der Waals surface area contributed by atoms with E-state index in [9.17, 15) is 14.4 Å². The highest BCUT2D eigenvalue weighted by Gasteiger charge is 2.10. The van der Waals surface area contributed by atoms with Gasteiger partial charge in [0.1, 0.15) is 6.61 Å². The minimum Gasteiger partial charge on any atom is -0.463 e. The van der Waals surface area contributed by atoms with Gasteiger partial charge in [0.15, 0.2) is 5.11 Å². The lowest BCUT2D eigenvalue weighted by Gasteiger charge is -2.10. The first-order valence-electron chi connectivity index (χ1n) is 8.48. The first kappa shape index (κ1) is 22.5. The van der Waals surface area contributed by atoms with Gasteiger partial charge in [0.2, 0.25) is 5.91 Å². The van der Waals surface area contributed by atoms with Gasteiger partial charge in [-0.15, -0.1) is 0 Å². The summed E-state index contributed by atoms with van der Waals surface area (Å²) in [6.45, 7) is 2.74. The van der Waals surface area contributed by atoms with Crippen molar-refractivity contribution < 1.29 is 28.6 Å². The average Bonchev–Trinajstić information content (AvgIpc) is 2.65. The first-order valence-corrected chi connectivity index (χ1v) is 8.89. The molecule has 1 rings (SSSR count). The summed E-state index contributed by atoms with van der Waals surface area (Å²) in [5.74, 6) is -1.28. The minimum absolute atomic E-state index is 0.0458. The standard InChI is InChI=1S/C18H24N2O6S/c1-3-10-26-17(23)13-4-6-14(7-5-13)19-18(27)20-15(21)8-9-16(22)25-12-11-24-2/h4-7H,3,8-12H2,1-2H3,(H2,19,20,21,27). The van der Waals surface area contributed by atoms with Crippen molar-refractivity contribution in [1.29, 1.82) is 0 Å². The highest BCUT2D eigenvalue weighted by Crippen LogP contribution is 2.10. The van der Waals surface area contributed by atoms with E-state index in [1.807, 2.05) is 6.92 Å². The Bertz CT molecular complexity index is 648. The molecule has 0 heterocycles. The number of rotatable bonds is 10. The molecule has 8 nitrogen and oxygen atoms in total. The SMILES string of the molecule is CCCOC(=O)c1ccc(NC(=S)NC(=O)CCC(=O)OCCOC)cc1. The highest BCUT2D eigenvalue weighted by molar-refractivity contribution is 7.80. The van der Waals surface area contributed by atoms with E-state index < -0.39 is 17.8 Å². The second-order valence-electron chi connectivity index (χ2n) is 5.43. The second-order valence-corrected chi connectivity index (χ2v) is 5.84. The van der Waals surface area contributed by atoms with Gasteiger partial charge < -0.3 is 24.8 Å². The molecule has 1 amide bonds. The Morgan fingerprint density at radius 1 is 1.00 bits per heavy atom. The number of methoxy groups -OCH3 is 1. The molecule has 1 aromatic carbocycles. The molecule has 148 valence electrons. The van der Waals surface area contributed by atoms with Crippen LogP contribution in [0.4, 0.5) is 5.69 Å². The monoisotopic (exact) mass is 396 g/mol. The third-order valence-corrected chi connectivity index (χ3v) is 3.38. The van der Waals surface area contributed by atoms with Crippen molar-refractivity contribution in [2.24, 2.45) is 0 Å². The predicted molar refractivity (Wildman–Crippen MR) is 103 cm³/mol. The fourth-order valence-corrected chi connectivity index (χ4v) is 2.08. The Hall–Kier alpha value is -2.52. The maximum absolute atomic E-state index is 11.8. The number of anilines is 1. The number of esters is 2. The van der Waals surface area contributed by atoms with Crippen molar-refractivity contribution in [3.8, 4) is 0 Å². The van der Waals surface area contributed by atoms with Crippen LogP contribution in [-0.4, -0.2) is 49.9 Å². The van der Waals surface area contributed by atoms with Crippen LogP contribution < -0.4 is 10.6 Å². The minimum atomic E-state index is -0.480. The molecule has 0 aliphatic heterocycles. The number of benzene rings is 1. The Labute approximate surface area is 163 Å². The van der Waals surface area contributed by atoms with Crippen LogP contribution in [0.5, 0.6) is 0 Å². The second kappa shape index (κ2) is 12.8. The predicted octanol–water partition coefficient (Wildman–Crippen LogP) is 2.04. The first-order chi connectivity index (χ1) is 13.0. The Balaban J connectivity index is 2.35. The molecule has 0 atom stereocenters. The number of nitrogens with one attached hydrogen (secondary N) is 2. The van der Waals surface area contributed by atoms with Gasteiger partial charge in [-0.2, -0.15) is 0 Å². The number of thiocarbonyl (C=S) groups is 1. The van der Waals surface area contributed by atoms with E-state index in [0.29, 0.717) is 24.5 Å². The van der Waals surface area contributed by atoms with Gasteiger partial charge in [0, 0.05) is 19.2 Å². The van der Waals surface area contributed by atoms with E-state index in [4.69, 9.17) is 26.4 Å². The zero-order chi connectivity index (χ0) is 20.1.